The number of halogens is 1. The number of thioether (sulfide) groups is 1. The summed E-state index contributed by atoms with van der Waals surface area (Å²) in [6.07, 6.45) is 1.62. The number of nitrogens with zero attached hydrogens (tertiary/aromatic N) is 2. The van der Waals surface area contributed by atoms with E-state index < -0.39 is 0 Å². The minimum Gasteiger partial charge on any atom is -0.492 e. The van der Waals surface area contributed by atoms with Crippen LogP contribution in [0.4, 0.5) is 0 Å². The number of amides is 1. The summed E-state index contributed by atoms with van der Waals surface area (Å²) >= 11 is 7.22. The first-order valence-electron chi connectivity index (χ1n) is 9.38. The molecule has 0 spiro atoms. The molecule has 0 bridgehead atoms. The summed E-state index contributed by atoms with van der Waals surface area (Å²) in [5.74, 6) is 0.727. The van der Waals surface area contributed by atoms with E-state index >= 15 is 0 Å². The van der Waals surface area contributed by atoms with Crippen LogP contribution in [0.25, 0.3) is 10.9 Å². The largest absolute Gasteiger partial charge is 0.492 e. The molecule has 1 amide bonds. The maximum absolute atomic E-state index is 12.8. The van der Waals surface area contributed by atoms with E-state index in [-0.39, 0.29) is 17.2 Å². The van der Waals surface area contributed by atoms with Crippen LogP contribution in [0.3, 0.4) is 0 Å². The summed E-state index contributed by atoms with van der Waals surface area (Å²) in [7, 11) is 0. The predicted molar refractivity (Wildman–Crippen MR) is 122 cm³/mol. The van der Waals surface area contributed by atoms with Gasteiger partial charge in [-0.25, -0.2) is 4.98 Å². The van der Waals surface area contributed by atoms with Gasteiger partial charge in [0.2, 0.25) is 5.91 Å². The molecule has 0 aliphatic heterocycles. The molecular formula is C22H22ClN3O3S. The van der Waals surface area contributed by atoms with Crippen molar-refractivity contribution in [3.8, 4) is 5.75 Å². The van der Waals surface area contributed by atoms with E-state index in [4.69, 9.17) is 16.3 Å². The zero-order valence-corrected chi connectivity index (χ0v) is 18.1. The highest BCUT2D eigenvalue weighted by Crippen LogP contribution is 2.20. The number of fused-ring (bicyclic) bond motifs is 1. The molecule has 3 rings (SSSR count). The van der Waals surface area contributed by atoms with E-state index in [1.165, 1.54) is 16.3 Å². The average molecular weight is 444 g/mol. The number of ether oxygens (including phenoxy) is 1. The highest BCUT2D eigenvalue weighted by atomic mass is 35.5. The Morgan fingerprint density at radius 3 is 2.93 bits per heavy atom. The Bertz CT molecular complexity index is 1130. The Hall–Kier alpha value is -2.77. The molecule has 6 nitrogen and oxygen atoms in total. The number of rotatable bonds is 9. The third kappa shape index (κ3) is 5.64. The molecule has 0 atom stereocenters. The highest BCUT2D eigenvalue weighted by molar-refractivity contribution is 7.99. The predicted octanol–water partition coefficient (Wildman–Crippen LogP) is 3.83. The maximum Gasteiger partial charge on any atom is 0.262 e. The van der Waals surface area contributed by atoms with Gasteiger partial charge in [0.15, 0.2) is 5.16 Å². The molecule has 0 aliphatic carbocycles. The van der Waals surface area contributed by atoms with Crippen molar-refractivity contribution >= 4 is 40.2 Å². The van der Waals surface area contributed by atoms with Crippen LogP contribution in [0, 0.1) is 6.92 Å². The van der Waals surface area contributed by atoms with Crippen LogP contribution in [0.2, 0.25) is 5.02 Å². The summed E-state index contributed by atoms with van der Waals surface area (Å²) in [6, 6.07) is 12.7. The van der Waals surface area contributed by atoms with Crippen molar-refractivity contribution in [2.24, 2.45) is 0 Å². The van der Waals surface area contributed by atoms with Gasteiger partial charge < -0.3 is 10.1 Å². The minimum atomic E-state index is -0.189. The molecule has 1 N–H and O–H groups in total. The lowest BCUT2D eigenvalue weighted by atomic mass is 10.2. The van der Waals surface area contributed by atoms with Gasteiger partial charge in [0, 0.05) is 11.6 Å². The number of allylic oxidation sites excluding steroid dienone is 1. The fraction of sp³-hybridized carbons (Fsp3) is 0.227. The van der Waals surface area contributed by atoms with E-state index in [9.17, 15) is 9.59 Å². The summed E-state index contributed by atoms with van der Waals surface area (Å²) in [4.78, 5) is 29.5. The van der Waals surface area contributed by atoms with Gasteiger partial charge in [-0.05, 0) is 42.8 Å². The SMILES string of the molecule is C=CCn1c(SCC(=O)NCCOc2cccc(C)c2)nc2cc(Cl)ccc2c1=O. The molecule has 0 radical (unpaired) electrons. The Labute approximate surface area is 183 Å². The second kappa shape index (κ2) is 10.3. The number of benzene rings is 2. The summed E-state index contributed by atoms with van der Waals surface area (Å²) in [6.45, 7) is 6.75. The molecule has 0 unspecified atom stereocenters. The van der Waals surface area contributed by atoms with Crippen LogP contribution in [0.1, 0.15) is 5.56 Å². The number of hydrogen-bond acceptors (Lipinski definition) is 5. The Morgan fingerprint density at radius 1 is 1.33 bits per heavy atom. The zero-order chi connectivity index (χ0) is 21.5. The second-order valence-electron chi connectivity index (χ2n) is 6.56. The van der Waals surface area contributed by atoms with E-state index in [0.717, 1.165) is 11.3 Å². The van der Waals surface area contributed by atoms with Gasteiger partial charge >= 0.3 is 0 Å². The van der Waals surface area contributed by atoms with E-state index in [2.05, 4.69) is 16.9 Å². The van der Waals surface area contributed by atoms with Crippen molar-refractivity contribution in [2.75, 3.05) is 18.9 Å². The molecule has 156 valence electrons. The van der Waals surface area contributed by atoms with Gasteiger partial charge in [-0.3, -0.25) is 14.2 Å². The van der Waals surface area contributed by atoms with Gasteiger partial charge in [-0.15, -0.1) is 6.58 Å². The van der Waals surface area contributed by atoms with Crippen molar-refractivity contribution < 1.29 is 9.53 Å². The van der Waals surface area contributed by atoms with Crippen LogP contribution in [-0.4, -0.2) is 34.4 Å². The molecule has 8 heteroatoms. The van der Waals surface area contributed by atoms with Crippen LogP contribution in [-0.2, 0) is 11.3 Å². The number of aromatic nitrogens is 2. The van der Waals surface area contributed by atoms with Gasteiger partial charge in [0.25, 0.3) is 5.56 Å². The normalized spacial score (nSPS) is 10.7. The number of hydrogen-bond donors (Lipinski definition) is 1. The standard InChI is InChI=1S/C22H22ClN3O3S/c1-3-10-26-21(28)18-8-7-16(23)13-19(18)25-22(26)30-14-20(27)24-9-11-29-17-6-4-5-15(2)12-17/h3-8,12-13H,1,9-11,14H2,2H3,(H,24,27). The minimum absolute atomic E-state index is 0.125. The third-order valence-corrected chi connectivity index (χ3v) is 5.42. The maximum atomic E-state index is 12.8. The number of nitrogens with one attached hydrogen (secondary N) is 1. The fourth-order valence-electron chi connectivity index (χ4n) is 2.82. The molecular weight excluding hydrogens is 422 g/mol. The molecule has 0 saturated carbocycles. The Kier molecular flexibility index (Phi) is 7.54. The Balaban J connectivity index is 1.60. The van der Waals surface area contributed by atoms with Gasteiger partial charge in [-0.2, -0.15) is 0 Å². The van der Waals surface area contributed by atoms with Crippen LogP contribution < -0.4 is 15.6 Å². The van der Waals surface area contributed by atoms with Gasteiger partial charge in [0.05, 0.1) is 23.2 Å². The summed E-state index contributed by atoms with van der Waals surface area (Å²) in [5, 5.41) is 4.23. The number of aryl methyl sites for hydroxylation is 1. The van der Waals surface area contributed by atoms with Crippen molar-refractivity contribution in [3.63, 3.8) is 0 Å². The van der Waals surface area contributed by atoms with Crippen molar-refractivity contribution in [1.82, 2.24) is 14.9 Å². The highest BCUT2D eigenvalue weighted by Gasteiger charge is 2.13. The van der Waals surface area contributed by atoms with E-state index in [1.807, 2.05) is 31.2 Å². The topological polar surface area (TPSA) is 73.2 Å². The molecule has 30 heavy (non-hydrogen) atoms. The van der Waals surface area contributed by atoms with Gasteiger partial charge in [-0.1, -0.05) is 41.6 Å². The van der Waals surface area contributed by atoms with Crippen LogP contribution in [0.5, 0.6) is 5.75 Å². The molecule has 2 aromatic carbocycles. The number of carbonyl (C=O) groups is 1. The molecule has 0 aliphatic rings. The average Bonchev–Trinajstić information content (AvgIpc) is 2.72. The fourth-order valence-corrected chi connectivity index (χ4v) is 3.82. The summed E-state index contributed by atoms with van der Waals surface area (Å²) in [5.41, 5.74) is 1.43. The van der Waals surface area contributed by atoms with Crippen LogP contribution in [0.15, 0.2) is 65.1 Å². The monoisotopic (exact) mass is 443 g/mol. The van der Waals surface area contributed by atoms with Crippen molar-refractivity contribution in [3.05, 3.63) is 76.1 Å². The Morgan fingerprint density at radius 2 is 2.17 bits per heavy atom. The molecule has 0 fully saturated rings. The summed E-state index contributed by atoms with van der Waals surface area (Å²) < 4.78 is 7.13. The quantitative estimate of drug-likeness (QED) is 0.235. The first-order chi connectivity index (χ1) is 14.5. The first kappa shape index (κ1) is 21.9. The van der Waals surface area contributed by atoms with E-state index in [1.54, 1.807) is 24.3 Å². The lowest BCUT2D eigenvalue weighted by Gasteiger charge is -2.12. The lowest BCUT2D eigenvalue weighted by Crippen LogP contribution is -2.30. The second-order valence-corrected chi connectivity index (χ2v) is 7.94. The van der Waals surface area contributed by atoms with Crippen molar-refractivity contribution in [1.29, 1.82) is 0 Å². The molecule has 1 heterocycles. The van der Waals surface area contributed by atoms with Crippen molar-refractivity contribution in [2.45, 2.75) is 18.6 Å². The zero-order valence-electron chi connectivity index (χ0n) is 16.6. The molecule has 1 aromatic heterocycles. The number of carbonyl (C=O) groups excluding carboxylic acids is 1. The van der Waals surface area contributed by atoms with Crippen LogP contribution >= 0.6 is 23.4 Å². The lowest BCUT2D eigenvalue weighted by molar-refractivity contribution is -0.118. The molecule has 0 saturated heterocycles. The first-order valence-corrected chi connectivity index (χ1v) is 10.7. The molecule has 3 aromatic rings. The third-order valence-electron chi connectivity index (χ3n) is 4.21. The van der Waals surface area contributed by atoms with E-state index in [0.29, 0.717) is 40.8 Å². The van der Waals surface area contributed by atoms with Gasteiger partial charge in [0.1, 0.15) is 12.4 Å². The smallest absolute Gasteiger partial charge is 0.262 e.